The minimum absolute atomic E-state index is 0.116. The van der Waals surface area contributed by atoms with Gasteiger partial charge in [-0.05, 0) is 34.7 Å². The number of thioether (sulfide) groups is 1. The number of amides is 1. The zero-order chi connectivity index (χ0) is 28.7. The van der Waals surface area contributed by atoms with E-state index >= 15 is 0 Å². The van der Waals surface area contributed by atoms with Crippen molar-refractivity contribution in [3.63, 3.8) is 0 Å². The summed E-state index contributed by atoms with van der Waals surface area (Å²) < 4.78 is 10.3. The number of unbranched alkanes of at least 4 members (excludes halogenated alkanes) is 1. The first-order valence-electron chi connectivity index (χ1n) is 13.6. The van der Waals surface area contributed by atoms with Crippen molar-refractivity contribution in [1.29, 1.82) is 0 Å². The van der Waals surface area contributed by atoms with Crippen LogP contribution in [0.2, 0.25) is 0 Å². The molecule has 40 heavy (non-hydrogen) atoms. The standard InChI is InChI=1S/C32H37NO6S/c1-3-4-17-30(32(37)39-19-24-11-6-5-7-12-24)33-31(36)27(21-40-22-28(35)20-38-23(2)34)18-26-15-10-14-25-13-8-9-16-29(25)26/h5-16,27,30H,3-4,17-22H2,1-2H3,(H,33,36)/t27-,30+/m1/s1. The molecule has 0 aliphatic rings. The second kappa shape index (κ2) is 16.5. The van der Waals surface area contributed by atoms with Gasteiger partial charge < -0.3 is 14.8 Å². The molecule has 0 radical (unpaired) electrons. The maximum absolute atomic E-state index is 13.6. The zero-order valence-corrected chi connectivity index (χ0v) is 23.9. The summed E-state index contributed by atoms with van der Waals surface area (Å²) in [5, 5.41) is 5.09. The minimum atomic E-state index is -0.762. The quantitative estimate of drug-likeness (QED) is 0.237. The van der Waals surface area contributed by atoms with Crippen LogP contribution in [0.1, 0.15) is 44.2 Å². The van der Waals surface area contributed by atoms with E-state index in [0.29, 0.717) is 18.6 Å². The lowest BCUT2D eigenvalue weighted by Gasteiger charge is -2.22. The van der Waals surface area contributed by atoms with Crippen molar-refractivity contribution in [2.75, 3.05) is 18.1 Å². The fourth-order valence-electron chi connectivity index (χ4n) is 4.28. The lowest BCUT2D eigenvalue weighted by atomic mass is 9.95. The van der Waals surface area contributed by atoms with Crippen molar-refractivity contribution < 1.29 is 28.7 Å². The van der Waals surface area contributed by atoms with Gasteiger partial charge in [-0.1, -0.05) is 92.6 Å². The van der Waals surface area contributed by atoms with Gasteiger partial charge in [0.1, 0.15) is 12.6 Å². The highest BCUT2D eigenvalue weighted by atomic mass is 32.2. The Morgan fingerprint density at radius 2 is 1.62 bits per heavy atom. The molecule has 3 rings (SSSR count). The van der Waals surface area contributed by atoms with Gasteiger partial charge in [-0.3, -0.25) is 14.4 Å². The Hall–Kier alpha value is -3.65. The van der Waals surface area contributed by atoms with Gasteiger partial charge >= 0.3 is 11.9 Å². The lowest BCUT2D eigenvalue weighted by molar-refractivity contribution is -0.149. The third-order valence-electron chi connectivity index (χ3n) is 6.41. The Morgan fingerprint density at radius 3 is 2.38 bits per heavy atom. The molecule has 0 saturated heterocycles. The summed E-state index contributed by atoms with van der Waals surface area (Å²) in [4.78, 5) is 49.8. The molecule has 2 atom stereocenters. The lowest BCUT2D eigenvalue weighted by Crippen LogP contribution is -2.45. The van der Waals surface area contributed by atoms with Crippen LogP contribution in [0.5, 0.6) is 0 Å². The summed E-state index contributed by atoms with van der Waals surface area (Å²) in [6.07, 6.45) is 2.56. The number of ether oxygens (including phenoxy) is 2. The minimum Gasteiger partial charge on any atom is -0.459 e. The molecule has 7 nitrogen and oxygen atoms in total. The van der Waals surface area contributed by atoms with Crippen molar-refractivity contribution in [2.45, 2.75) is 52.2 Å². The average Bonchev–Trinajstić information content (AvgIpc) is 2.97. The number of nitrogens with one attached hydrogen (secondary N) is 1. The fourth-order valence-corrected chi connectivity index (χ4v) is 5.26. The molecule has 0 heterocycles. The van der Waals surface area contributed by atoms with Gasteiger partial charge in [0, 0.05) is 12.7 Å². The topological polar surface area (TPSA) is 98.8 Å². The van der Waals surface area contributed by atoms with E-state index in [1.54, 1.807) is 0 Å². The van der Waals surface area contributed by atoms with E-state index in [-0.39, 0.29) is 30.7 Å². The summed E-state index contributed by atoms with van der Waals surface area (Å²) in [7, 11) is 0. The zero-order valence-electron chi connectivity index (χ0n) is 23.1. The molecule has 0 spiro atoms. The summed E-state index contributed by atoms with van der Waals surface area (Å²) >= 11 is 1.32. The molecule has 1 amide bonds. The summed E-state index contributed by atoms with van der Waals surface area (Å²) in [5.41, 5.74) is 1.89. The molecule has 0 saturated carbocycles. The molecule has 8 heteroatoms. The van der Waals surface area contributed by atoms with Gasteiger partial charge in [0.25, 0.3) is 0 Å². The number of fused-ring (bicyclic) bond motifs is 1. The van der Waals surface area contributed by atoms with Crippen LogP contribution in [0.4, 0.5) is 0 Å². The van der Waals surface area contributed by atoms with Crippen LogP contribution < -0.4 is 5.32 Å². The number of carbonyl (C=O) groups excluding carboxylic acids is 4. The number of hydrogen-bond donors (Lipinski definition) is 1. The second-order valence-electron chi connectivity index (χ2n) is 9.67. The van der Waals surface area contributed by atoms with Crippen molar-refractivity contribution in [1.82, 2.24) is 5.32 Å². The van der Waals surface area contributed by atoms with Gasteiger partial charge in [-0.15, -0.1) is 0 Å². The van der Waals surface area contributed by atoms with Gasteiger partial charge in [0.05, 0.1) is 11.7 Å². The van der Waals surface area contributed by atoms with Crippen molar-refractivity contribution in [2.24, 2.45) is 5.92 Å². The van der Waals surface area contributed by atoms with Gasteiger partial charge in [-0.25, -0.2) is 4.79 Å². The third-order valence-corrected chi connectivity index (χ3v) is 7.57. The van der Waals surface area contributed by atoms with Crippen LogP contribution in [0.15, 0.2) is 72.8 Å². The van der Waals surface area contributed by atoms with E-state index in [9.17, 15) is 19.2 Å². The number of rotatable bonds is 16. The summed E-state index contributed by atoms with van der Waals surface area (Å²) in [6.45, 7) is 3.14. The maximum Gasteiger partial charge on any atom is 0.328 e. The first kappa shape index (κ1) is 30.9. The van der Waals surface area contributed by atoms with Gasteiger partial charge in [-0.2, -0.15) is 11.8 Å². The number of carbonyl (C=O) groups is 4. The van der Waals surface area contributed by atoms with Crippen LogP contribution in [-0.2, 0) is 41.7 Å². The summed E-state index contributed by atoms with van der Waals surface area (Å²) in [6, 6.07) is 22.6. The van der Waals surface area contributed by atoms with Crippen molar-refractivity contribution >= 4 is 46.2 Å². The predicted octanol–water partition coefficient (Wildman–Crippen LogP) is 5.28. The molecule has 0 aliphatic heterocycles. The van der Waals surface area contributed by atoms with E-state index in [1.165, 1.54) is 18.7 Å². The number of benzene rings is 3. The van der Waals surface area contributed by atoms with Crippen LogP contribution >= 0.6 is 11.8 Å². The molecular formula is C32H37NO6S. The molecule has 0 aromatic heterocycles. The van der Waals surface area contributed by atoms with Gasteiger partial charge in [0.2, 0.25) is 5.91 Å². The van der Waals surface area contributed by atoms with Crippen molar-refractivity contribution in [3.05, 3.63) is 83.9 Å². The van der Waals surface area contributed by atoms with Crippen LogP contribution in [0.3, 0.4) is 0 Å². The SMILES string of the molecule is CCCC[C@H](NC(=O)[C@@H](CSCC(=O)COC(C)=O)Cc1cccc2ccccc12)C(=O)OCc1ccccc1. The van der Waals surface area contributed by atoms with Crippen LogP contribution in [-0.4, -0.2) is 47.8 Å². The maximum atomic E-state index is 13.6. The predicted molar refractivity (Wildman–Crippen MR) is 158 cm³/mol. The molecule has 0 fully saturated rings. The third kappa shape index (κ3) is 10.2. The fraction of sp³-hybridized carbons (Fsp3) is 0.375. The number of ketones is 1. The van der Waals surface area contributed by atoms with E-state index in [1.807, 2.05) is 79.7 Å². The smallest absolute Gasteiger partial charge is 0.328 e. The number of Topliss-reactive ketones (excluding diaryl/α,β-unsaturated/α-hetero) is 1. The molecule has 0 unspecified atom stereocenters. The van der Waals surface area contributed by atoms with Gasteiger partial charge in [0.15, 0.2) is 12.4 Å². The normalized spacial score (nSPS) is 12.3. The molecule has 0 aliphatic carbocycles. The Bertz CT molecular complexity index is 1270. The van der Waals surface area contributed by atoms with Crippen LogP contribution in [0, 0.1) is 5.92 Å². The highest BCUT2D eigenvalue weighted by Gasteiger charge is 2.27. The molecule has 3 aromatic rings. The Labute approximate surface area is 240 Å². The summed E-state index contributed by atoms with van der Waals surface area (Å²) in [5.74, 6) is -1.47. The molecule has 1 N–H and O–H groups in total. The van der Waals surface area contributed by atoms with Crippen molar-refractivity contribution in [3.8, 4) is 0 Å². The van der Waals surface area contributed by atoms with E-state index in [2.05, 4.69) is 5.32 Å². The Morgan fingerprint density at radius 1 is 0.900 bits per heavy atom. The van der Waals surface area contributed by atoms with E-state index in [4.69, 9.17) is 9.47 Å². The highest BCUT2D eigenvalue weighted by Crippen LogP contribution is 2.24. The molecule has 212 valence electrons. The average molecular weight is 564 g/mol. The first-order valence-corrected chi connectivity index (χ1v) is 14.7. The molecular weight excluding hydrogens is 526 g/mol. The molecule has 3 aromatic carbocycles. The molecule has 0 bridgehead atoms. The second-order valence-corrected chi connectivity index (χ2v) is 10.7. The Kier molecular flexibility index (Phi) is 12.7. The van der Waals surface area contributed by atoms with Crippen LogP contribution in [0.25, 0.3) is 10.8 Å². The largest absolute Gasteiger partial charge is 0.459 e. The number of hydrogen-bond acceptors (Lipinski definition) is 7. The number of esters is 2. The highest BCUT2D eigenvalue weighted by molar-refractivity contribution is 7.99. The Balaban J connectivity index is 1.73. The van der Waals surface area contributed by atoms with E-state index in [0.717, 1.165) is 34.7 Å². The monoisotopic (exact) mass is 563 g/mol. The first-order chi connectivity index (χ1) is 19.4. The van der Waals surface area contributed by atoms with E-state index < -0.39 is 23.9 Å².